The Morgan fingerprint density at radius 3 is 2.78 bits per heavy atom. The first-order chi connectivity index (χ1) is 8.31. The summed E-state index contributed by atoms with van der Waals surface area (Å²) in [6.45, 7) is 1.76. The summed E-state index contributed by atoms with van der Waals surface area (Å²) in [6, 6.07) is 3.44. The van der Waals surface area contributed by atoms with Crippen molar-refractivity contribution < 1.29 is 12.8 Å². The van der Waals surface area contributed by atoms with Gasteiger partial charge < -0.3 is 0 Å². The van der Waals surface area contributed by atoms with Crippen LogP contribution in [0.25, 0.3) is 10.9 Å². The van der Waals surface area contributed by atoms with Crippen LogP contribution in [0.4, 0.5) is 0 Å². The van der Waals surface area contributed by atoms with Crippen LogP contribution in [0.2, 0.25) is 5.02 Å². The Hall–Kier alpha value is -0.0118. The van der Waals surface area contributed by atoms with Crippen molar-refractivity contribution in [2.24, 2.45) is 0 Å². The van der Waals surface area contributed by atoms with Crippen molar-refractivity contribution >= 4 is 65.1 Å². The number of rotatable bonds is 2. The SMILES string of the molecule is Cc1c(I)c([O][Sb](=[O])([OH])[OH])c2ncccc2c1Cl. The quantitative estimate of drug-likeness (QED) is 0.498. The monoisotopic (exact) mass is 489 g/mol. The maximum atomic E-state index is 11.1. The first-order valence-corrected chi connectivity index (χ1v) is 10.6. The zero-order chi connectivity index (χ0) is 13.5. The van der Waals surface area contributed by atoms with E-state index < -0.39 is 20.1 Å². The maximum absolute atomic E-state index is 11.1. The van der Waals surface area contributed by atoms with Crippen molar-refractivity contribution in [2.45, 2.75) is 6.92 Å². The molecule has 96 valence electrons. The molecule has 1 aromatic carbocycles. The summed E-state index contributed by atoms with van der Waals surface area (Å²) in [7, 11) is 0. The molecule has 2 N–H and O–H groups in total. The summed E-state index contributed by atoms with van der Waals surface area (Å²) >= 11 is 2.58. The summed E-state index contributed by atoms with van der Waals surface area (Å²) < 4.78 is 34.5. The van der Waals surface area contributed by atoms with Gasteiger partial charge in [0.25, 0.3) is 0 Å². The van der Waals surface area contributed by atoms with Crippen LogP contribution in [0, 0.1) is 10.5 Å². The fraction of sp³-hybridized carbons (Fsp3) is 0.100. The fourth-order valence-electron chi connectivity index (χ4n) is 1.54. The van der Waals surface area contributed by atoms with Crippen molar-refractivity contribution in [3.63, 3.8) is 0 Å². The second-order valence-corrected chi connectivity index (χ2v) is 8.34. The molecule has 0 spiro atoms. The average Bonchev–Trinajstić information content (AvgIpc) is 2.31. The Bertz CT molecular complexity index is 672. The Morgan fingerprint density at radius 2 is 2.17 bits per heavy atom. The van der Waals surface area contributed by atoms with E-state index in [-0.39, 0.29) is 5.75 Å². The van der Waals surface area contributed by atoms with Gasteiger partial charge in [0.15, 0.2) is 0 Å². The van der Waals surface area contributed by atoms with Gasteiger partial charge in [-0.3, -0.25) is 0 Å². The first-order valence-electron chi connectivity index (χ1n) is 4.78. The number of halogens is 2. The van der Waals surface area contributed by atoms with Gasteiger partial charge in [0.1, 0.15) is 0 Å². The summed E-state index contributed by atoms with van der Waals surface area (Å²) in [5, 5.41) is 1.12. The van der Waals surface area contributed by atoms with Crippen LogP contribution >= 0.6 is 34.2 Å². The molecular formula is C10H8ClINO4Sb. The summed E-state index contributed by atoms with van der Waals surface area (Å²) in [4.78, 5) is 4.08. The molecule has 0 bridgehead atoms. The number of nitrogens with zero attached hydrogens (tertiary/aromatic N) is 1. The van der Waals surface area contributed by atoms with Gasteiger partial charge >= 0.3 is 128 Å². The predicted molar refractivity (Wildman–Crippen MR) is 75.7 cm³/mol. The number of benzene rings is 1. The van der Waals surface area contributed by atoms with Gasteiger partial charge in [-0.05, 0) is 0 Å². The van der Waals surface area contributed by atoms with Crippen LogP contribution in [0.5, 0.6) is 5.75 Å². The summed E-state index contributed by atoms with van der Waals surface area (Å²) in [6.07, 6.45) is 1.52. The van der Waals surface area contributed by atoms with Gasteiger partial charge in [-0.25, -0.2) is 0 Å². The van der Waals surface area contributed by atoms with E-state index in [9.17, 15) is 3.02 Å². The fourth-order valence-corrected chi connectivity index (χ4v) is 4.28. The molecule has 2 rings (SSSR count). The minimum atomic E-state index is -5.55. The molecule has 8 heteroatoms. The van der Waals surface area contributed by atoms with Gasteiger partial charge in [-0.15, -0.1) is 0 Å². The molecule has 0 radical (unpaired) electrons. The molecule has 0 fully saturated rings. The molecule has 0 saturated heterocycles. The van der Waals surface area contributed by atoms with Crippen LogP contribution in [0.3, 0.4) is 0 Å². The van der Waals surface area contributed by atoms with E-state index in [4.69, 9.17) is 21.4 Å². The molecule has 5 nitrogen and oxygen atoms in total. The molecule has 0 aliphatic rings. The van der Waals surface area contributed by atoms with E-state index in [1.807, 2.05) is 22.6 Å². The third kappa shape index (κ3) is 2.77. The molecule has 1 aromatic heterocycles. The van der Waals surface area contributed by atoms with E-state index >= 15 is 0 Å². The number of hydrogen-bond acceptors (Lipinski definition) is 3. The van der Waals surface area contributed by atoms with Gasteiger partial charge in [0, 0.05) is 0 Å². The Morgan fingerprint density at radius 1 is 1.50 bits per heavy atom. The van der Waals surface area contributed by atoms with Crippen LogP contribution in [-0.4, -0.2) is 31.8 Å². The summed E-state index contributed by atoms with van der Waals surface area (Å²) in [5.41, 5.74) is 1.07. The first kappa shape index (κ1) is 14.4. The van der Waals surface area contributed by atoms with Crippen molar-refractivity contribution in [3.05, 3.63) is 32.5 Å². The number of hydrogen-bond donors (Lipinski definition) is 2. The third-order valence-electron chi connectivity index (χ3n) is 2.33. The van der Waals surface area contributed by atoms with Crippen molar-refractivity contribution in [1.29, 1.82) is 0 Å². The second kappa shape index (κ2) is 5.17. The molecule has 2 aromatic rings. The van der Waals surface area contributed by atoms with Crippen molar-refractivity contribution in [3.8, 4) is 5.75 Å². The second-order valence-electron chi connectivity index (χ2n) is 3.56. The van der Waals surface area contributed by atoms with Gasteiger partial charge in [-0.2, -0.15) is 0 Å². The number of pyridine rings is 1. The predicted octanol–water partition coefficient (Wildman–Crippen LogP) is 2.03. The summed E-state index contributed by atoms with van der Waals surface area (Å²) in [5.74, 6) is 0.0964. The number of aromatic nitrogens is 1. The van der Waals surface area contributed by atoms with E-state index in [0.717, 1.165) is 0 Å². The van der Waals surface area contributed by atoms with E-state index in [1.165, 1.54) is 6.20 Å². The average molecular weight is 490 g/mol. The Balaban J connectivity index is 2.83. The zero-order valence-electron chi connectivity index (χ0n) is 9.09. The van der Waals surface area contributed by atoms with E-state index in [2.05, 4.69) is 4.98 Å². The van der Waals surface area contributed by atoms with Gasteiger partial charge in [0.2, 0.25) is 0 Å². The van der Waals surface area contributed by atoms with Crippen LogP contribution in [0.15, 0.2) is 18.3 Å². The molecule has 0 unspecified atom stereocenters. The number of fused-ring (bicyclic) bond motifs is 1. The van der Waals surface area contributed by atoms with E-state index in [1.54, 1.807) is 19.1 Å². The molecule has 0 aliphatic carbocycles. The normalized spacial score (nSPS) is 11.8. The van der Waals surface area contributed by atoms with Crippen LogP contribution in [0.1, 0.15) is 5.56 Å². The molecule has 0 aliphatic heterocycles. The van der Waals surface area contributed by atoms with E-state index in [0.29, 0.717) is 25.1 Å². The van der Waals surface area contributed by atoms with Crippen molar-refractivity contribution in [1.82, 2.24) is 4.98 Å². The minimum absolute atomic E-state index is 0.0964. The topological polar surface area (TPSA) is 79.7 Å². The standard InChI is InChI=1S/C10H7ClINO.2H2O.O.Sb/c1-5-7(11)6-3-2-4-13-9(6)10(14)8(5)12;;;;/h2-4,14H,1H3;2*1H2;;/q;;;;+3/p-3. The Kier molecular flexibility index (Phi) is 4.13. The molecular weight excluding hydrogens is 482 g/mol. The molecule has 0 amide bonds. The molecule has 0 saturated carbocycles. The molecule has 0 atom stereocenters. The molecule has 1 heterocycles. The molecule has 18 heavy (non-hydrogen) atoms. The van der Waals surface area contributed by atoms with Crippen LogP contribution < -0.4 is 3.02 Å². The van der Waals surface area contributed by atoms with Gasteiger partial charge in [0.05, 0.1) is 0 Å². The third-order valence-corrected chi connectivity index (χ3v) is 5.31. The van der Waals surface area contributed by atoms with Crippen molar-refractivity contribution in [2.75, 3.05) is 0 Å². The zero-order valence-corrected chi connectivity index (χ0v) is 14.6. The van der Waals surface area contributed by atoms with Gasteiger partial charge in [-0.1, -0.05) is 0 Å². The Labute approximate surface area is 127 Å². The van der Waals surface area contributed by atoms with Crippen LogP contribution in [-0.2, 0) is 3.02 Å².